The van der Waals surface area contributed by atoms with E-state index in [1.165, 1.54) is 0 Å². The first kappa shape index (κ1) is 27.7. The Labute approximate surface area is 223 Å². The zero-order valence-electron chi connectivity index (χ0n) is 19.9. The van der Waals surface area contributed by atoms with Crippen molar-refractivity contribution in [3.05, 3.63) is 84.4 Å². The van der Waals surface area contributed by atoms with Crippen LogP contribution in [0, 0.1) is 0 Å². The van der Waals surface area contributed by atoms with Crippen molar-refractivity contribution in [3.8, 4) is 23.0 Å². The molecule has 0 aliphatic heterocycles. The van der Waals surface area contributed by atoms with Crippen LogP contribution in [0.2, 0.25) is 0 Å². The van der Waals surface area contributed by atoms with E-state index in [1.54, 1.807) is 13.8 Å². The summed E-state index contributed by atoms with van der Waals surface area (Å²) in [7, 11) is 0. The Morgan fingerprint density at radius 3 is 1.79 bits per heavy atom. The molecule has 0 spiro atoms. The first-order valence-corrected chi connectivity index (χ1v) is 11.0. The molecule has 0 heterocycles. The maximum atomic E-state index is 11.2. The van der Waals surface area contributed by atoms with Gasteiger partial charge in [-0.15, -0.1) is 0 Å². The van der Waals surface area contributed by atoms with Crippen molar-refractivity contribution in [2.75, 3.05) is 13.2 Å². The first-order valence-electron chi connectivity index (χ1n) is 11.0. The SMILES string of the molecule is CC(C)O[C@@H](Cc1ccc(OCCCOc2ccc(Oc3ccccc3)cc2)cc1)C(=O)[O-].[Na+]. The molecule has 3 rings (SSSR count). The van der Waals surface area contributed by atoms with Gasteiger partial charge in [-0.25, -0.2) is 0 Å². The Bertz CT molecular complexity index is 974. The summed E-state index contributed by atoms with van der Waals surface area (Å²) < 4.78 is 22.7. The second-order valence-electron chi connectivity index (χ2n) is 7.78. The fourth-order valence-electron chi connectivity index (χ4n) is 3.12. The van der Waals surface area contributed by atoms with Gasteiger partial charge in [0.1, 0.15) is 29.1 Å². The fourth-order valence-corrected chi connectivity index (χ4v) is 3.12. The van der Waals surface area contributed by atoms with Gasteiger partial charge < -0.3 is 28.8 Å². The van der Waals surface area contributed by atoms with E-state index in [1.807, 2.05) is 78.9 Å². The van der Waals surface area contributed by atoms with Gasteiger partial charge in [-0.3, -0.25) is 0 Å². The molecule has 0 bridgehead atoms. The zero-order chi connectivity index (χ0) is 23.5. The molecule has 0 saturated heterocycles. The average Bonchev–Trinajstić information content (AvgIpc) is 2.81. The largest absolute Gasteiger partial charge is 1.00 e. The van der Waals surface area contributed by atoms with E-state index < -0.39 is 12.1 Å². The third kappa shape index (κ3) is 9.77. The van der Waals surface area contributed by atoms with Crippen molar-refractivity contribution < 1.29 is 58.4 Å². The third-order valence-corrected chi connectivity index (χ3v) is 4.67. The maximum absolute atomic E-state index is 11.2. The van der Waals surface area contributed by atoms with E-state index in [9.17, 15) is 9.90 Å². The Morgan fingerprint density at radius 1 is 0.765 bits per heavy atom. The summed E-state index contributed by atoms with van der Waals surface area (Å²) in [6, 6.07) is 24.4. The molecule has 3 aromatic carbocycles. The third-order valence-electron chi connectivity index (χ3n) is 4.67. The number of benzene rings is 3. The summed E-state index contributed by atoms with van der Waals surface area (Å²) in [6.07, 6.45) is -0.172. The number of carbonyl (C=O) groups is 1. The second-order valence-corrected chi connectivity index (χ2v) is 7.78. The van der Waals surface area contributed by atoms with E-state index in [-0.39, 0.29) is 42.1 Å². The molecule has 0 amide bonds. The molecule has 0 unspecified atom stereocenters. The van der Waals surface area contributed by atoms with Crippen LogP contribution in [0.1, 0.15) is 25.8 Å². The summed E-state index contributed by atoms with van der Waals surface area (Å²) in [6.45, 7) is 4.63. The van der Waals surface area contributed by atoms with Crippen LogP contribution in [-0.4, -0.2) is 31.4 Å². The van der Waals surface area contributed by atoms with Crippen LogP contribution in [0.15, 0.2) is 78.9 Å². The van der Waals surface area contributed by atoms with Crippen LogP contribution in [-0.2, 0) is 16.0 Å². The van der Waals surface area contributed by atoms with Crippen molar-refractivity contribution in [2.24, 2.45) is 0 Å². The van der Waals surface area contributed by atoms with Crippen molar-refractivity contribution >= 4 is 5.97 Å². The molecule has 34 heavy (non-hydrogen) atoms. The number of aliphatic carboxylic acids is 1. The molecule has 174 valence electrons. The fraction of sp³-hybridized carbons (Fsp3) is 0.296. The molecule has 0 aliphatic rings. The Morgan fingerprint density at radius 2 is 1.26 bits per heavy atom. The van der Waals surface area contributed by atoms with Crippen molar-refractivity contribution in [1.29, 1.82) is 0 Å². The van der Waals surface area contributed by atoms with Gasteiger partial charge in [0.25, 0.3) is 0 Å². The number of carboxylic acids is 1. The number of para-hydroxylation sites is 1. The number of rotatable bonds is 13. The van der Waals surface area contributed by atoms with Gasteiger partial charge in [0.15, 0.2) is 0 Å². The molecular formula is C27H29NaO6. The Hall–Kier alpha value is -2.51. The van der Waals surface area contributed by atoms with Gasteiger partial charge in [0.05, 0.1) is 25.3 Å². The Balaban J connectivity index is 0.00000408. The minimum Gasteiger partial charge on any atom is -0.547 e. The monoisotopic (exact) mass is 472 g/mol. The van der Waals surface area contributed by atoms with Gasteiger partial charge in [-0.2, -0.15) is 0 Å². The molecule has 0 fully saturated rings. The summed E-state index contributed by atoms with van der Waals surface area (Å²) >= 11 is 0. The molecule has 7 heteroatoms. The van der Waals surface area contributed by atoms with Crippen molar-refractivity contribution in [2.45, 2.75) is 38.9 Å². The number of ether oxygens (including phenoxy) is 4. The van der Waals surface area contributed by atoms with Gasteiger partial charge in [-0.05, 0) is 67.9 Å². The van der Waals surface area contributed by atoms with Gasteiger partial charge in [-0.1, -0.05) is 30.3 Å². The van der Waals surface area contributed by atoms with Crippen LogP contribution >= 0.6 is 0 Å². The molecule has 0 aromatic heterocycles. The van der Waals surface area contributed by atoms with Crippen LogP contribution < -0.4 is 48.9 Å². The topological polar surface area (TPSA) is 77.0 Å². The number of hydrogen-bond acceptors (Lipinski definition) is 6. The maximum Gasteiger partial charge on any atom is 1.00 e. The summed E-state index contributed by atoms with van der Waals surface area (Å²) in [5.74, 6) is 1.82. The second kappa shape index (κ2) is 14.7. The first-order chi connectivity index (χ1) is 16.0. The normalized spacial score (nSPS) is 11.4. The predicted molar refractivity (Wildman–Crippen MR) is 124 cm³/mol. The van der Waals surface area contributed by atoms with Crippen LogP contribution in [0.4, 0.5) is 0 Å². The van der Waals surface area contributed by atoms with Gasteiger partial charge >= 0.3 is 29.6 Å². The van der Waals surface area contributed by atoms with Crippen molar-refractivity contribution in [1.82, 2.24) is 0 Å². The van der Waals surface area contributed by atoms with Crippen LogP contribution in [0.3, 0.4) is 0 Å². The standard InChI is InChI=1S/C27H30O6.Na/c1-20(2)32-26(27(28)29)19-21-9-11-22(12-10-21)30-17-6-18-31-23-13-15-25(16-14-23)33-24-7-4-3-5-8-24;/h3-5,7-16,20,26H,6,17-19H2,1-2H3,(H,28,29);/q;+1/p-1/t26-;/m0./s1. The molecule has 3 aromatic rings. The van der Waals surface area contributed by atoms with E-state index >= 15 is 0 Å². The van der Waals surface area contributed by atoms with Gasteiger partial charge in [0.2, 0.25) is 0 Å². The molecule has 1 atom stereocenters. The predicted octanol–water partition coefficient (Wildman–Crippen LogP) is 1.42. The smallest absolute Gasteiger partial charge is 0.547 e. The summed E-state index contributed by atoms with van der Waals surface area (Å²) in [4.78, 5) is 11.2. The van der Waals surface area contributed by atoms with Crippen molar-refractivity contribution in [3.63, 3.8) is 0 Å². The summed E-state index contributed by atoms with van der Waals surface area (Å²) in [5, 5.41) is 11.2. The molecule has 0 N–H and O–H groups in total. The minimum atomic E-state index is -1.21. The van der Waals surface area contributed by atoms with Gasteiger partial charge in [0, 0.05) is 12.8 Å². The van der Waals surface area contributed by atoms with E-state index in [0.29, 0.717) is 13.2 Å². The van der Waals surface area contributed by atoms with E-state index in [4.69, 9.17) is 18.9 Å². The molecule has 0 saturated carbocycles. The number of carboxylic acid groups (broad SMARTS) is 1. The molecular weight excluding hydrogens is 443 g/mol. The molecule has 6 nitrogen and oxygen atoms in total. The van der Waals surface area contributed by atoms with Crippen LogP contribution in [0.5, 0.6) is 23.0 Å². The minimum absolute atomic E-state index is 0. The van der Waals surface area contributed by atoms with Crippen LogP contribution in [0.25, 0.3) is 0 Å². The van der Waals surface area contributed by atoms with E-state index in [0.717, 1.165) is 35.0 Å². The number of hydrogen-bond donors (Lipinski definition) is 0. The number of carbonyl (C=O) groups excluding carboxylic acids is 1. The molecule has 0 radical (unpaired) electrons. The summed E-state index contributed by atoms with van der Waals surface area (Å²) in [5.41, 5.74) is 0.847. The van der Waals surface area contributed by atoms with E-state index in [2.05, 4.69) is 0 Å². The molecule has 0 aliphatic carbocycles. The quantitative estimate of drug-likeness (QED) is 0.277. The Kier molecular flexibility index (Phi) is 12.0. The zero-order valence-corrected chi connectivity index (χ0v) is 21.9. The average molecular weight is 473 g/mol.